The van der Waals surface area contributed by atoms with E-state index in [2.05, 4.69) is 11.4 Å². The van der Waals surface area contributed by atoms with Gasteiger partial charge < -0.3 is 15.3 Å². The van der Waals surface area contributed by atoms with Gasteiger partial charge in [0.2, 0.25) is 0 Å². The zero-order valence-electron chi connectivity index (χ0n) is 22.0. The highest BCUT2D eigenvalue weighted by atomic mass is 35.5. The number of rotatable bonds is 5. The van der Waals surface area contributed by atoms with Crippen LogP contribution < -0.4 is 5.32 Å². The van der Waals surface area contributed by atoms with E-state index in [0.29, 0.717) is 12.1 Å². The molecule has 208 valence electrons. The minimum atomic E-state index is -1.69. The van der Waals surface area contributed by atoms with Crippen LogP contribution >= 0.6 is 23.2 Å². The van der Waals surface area contributed by atoms with E-state index >= 15 is 8.78 Å². The summed E-state index contributed by atoms with van der Waals surface area (Å²) in [6.45, 7) is 5.92. The summed E-state index contributed by atoms with van der Waals surface area (Å²) in [7, 11) is 0. The van der Waals surface area contributed by atoms with Crippen molar-refractivity contribution in [1.82, 2.24) is 4.90 Å². The van der Waals surface area contributed by atoms with Gasteiger partial charge in [-0.1, -0.05) is 56.1 Å². The lowest BCUT2D eigenvalue weighted by Crippen LogP contribution is -2.42. The fraction of sp³-hybridized carbons (Fsp3) is 0.300. The first-order valence-electron chi connectivity index (χ1n) is 12.5. The number of carboxylic acid groups (broad SMARTS) is 1. The van der Waals surface area contributed by atoms with Crippen LogP contribution in [0.3, 0.4) is 0 Å². The normalized spacial score (nSPS) is 20.7. The minimum absolute atomic E-state index is 0.00749. The van der Waals surface area contributed by atoms with Gasteiger partial charge in [-0.15, -0.1) is 0 Å². The largest absolute Gasteiger partial charge is 0.478 e. The third-order valence-electron chi connectivity index (χ3n) is 7.13. The number of urea groups is 1. The van der Waals surface area contributed by atoms with E-state index in [9.17, 15) is 20.0 Å². The molecule has 2 amide bonds. The summed E-state index contributed by atoms with van der Waals surface area (Å²) in [4.78, 5) is 26.4. The van der Waals surface area contributed by atoms with Gasteiger partial charge in [0.05, 0.1) is 17.7 Å². The molecular formula is C30H27Cl2F2N3O3. The lowest BCUT2D eigenvalue weighted by molar-refractivity contribution is 0.0697. The molecule has 3 aromatic rings. The third kappa shape index (κ3) is 5.63. The molecule has 3 atom stereocenters. The Morgan fingerprint density at radius 1 is 1.05 bits per heavy atom. The molecule has 4 rings (SSSR count). The molecule has 3 aromatic carbocycles. The standard InChI is InChI=1S/C30H27Cl2F2N3O3/c1-29(2,3)14-18-15-37(28(40)36-21-8-4-17(5-9-21)27(38)39)26(22-10-6-19(31)12-24(22)33)30(18,16-35)23-11-7-20(32)13-25(23)34/h4-13,18,26H,14-15H2,1-3H3,(H,36,40)(H,38,39)/t18-,26-,30-/m1/s1. The van der Waals surface area contributed by atoms with Crippen molar-refractivity contribution >= 4 is 40.9 Å². The lowest BCUT2D eigenvalue weighted by Gasteiger charge is -2.38. The Kier molecular flexibility index (Phi) is 8.11. The van der Waals surface area contributed by atoms with Gasteiger partial charge in [0.25, 0.3) is 0 Å². The number of carboxylic acids is 1. The van der Waals surface area contributed by atoms with Crippen LogP contribution in [0.1, 0.15) is 54.7 Å². The van der Waals surface area contributed by atoms with E-state index in [1.165, 1.54) is 53.4 Å². The van der Waals surface area contributed by atoms with E-state index in [4.69, 9.17) is 23.2 Å². The second kappa shape index (κ2) is 11.1. The number of carbonyl (C=O) groups is 2. The molecular weight excluding hydrogens is 559 g/mol. The summed E-state index contributed by atoms with van der Waals surface area (Å²) in [5.74, 6) is -3.21. The number of nitrogens with zero attached hydrogens (tertiary/aromatic N) is 2. The van der Waals surface area contributed by atoms with Gasteiger partial charge in [0.15, 0.2) is 0 Å². The first kappa shape index (κ1) is 29.3. The number of likely N-dealkylation sites (tertiary alicyclic amines) is 1. The molecule has 0 saturated carbocycles. The second-order valence-corrected chi connectivity index (χ2v) is 12.0. The van der Waals surface area contributed by atoms with Gasteiger partial charge in [-0.25, -0.2) is 18.4 Å². The molecule has 1 fully saturated rings. The highest BCUT2D eigenvalue weighted by Crippen LogP contribution is 2.56. The van der Waals surface area contributed by atoms with Gasteiger partial charge in [0, 0.05) is 39.3 Å². The van der Waals surface area contributed by atoms with Gasteiger partial charge in [0.1, 0.15) is 17.0 Å². The van der Waals surface area contributed by atoms with Crippen LogP contribution in [0.15, 0.2) is 60.7 Å². The minimum Gasteiger partial charge on any atom is -0.478 e. The highest BCUT2D eigenvalue weighted by Gasteiger charge is 2.60. The molecule has 0 radical (unpaired) electrons. The first-order chi connectivity index (χ1) is 18.8. The summed E-state index contributed by atoms with van der Waals surface area (Å²) in [5.41, 5.74) is -1.68. The van der Waals surface area contributed by atoms with Crippen molar-refractivity contribution < 1.29 is 23.5 Å². The summed E-state index contributed by atoms with van der Waals surface area (Å²) < 4.78 is 31.2. The molecule has 0 unspecified atom stereocenters. The van der Waals surface area contributed by atoms with Gasteiger partial charge >= 0.3 is 12.0 Å². The molecule has 40 heavy (non-hydrogen) atoms. The van der Waals surface area contributed by atoms with Crippen LogP contribution in [-0.4, -0.2) is 28.6 Å². The summed E-state index contributed by atoms with van der Waals surface area (Å²) in [5, 5.41) is 23.0. The van der Waals surface area contributed by atoms with Crippen LogP contribution in [0.4, 0.5) is 19.3 Å². The maximum absolute atomic E-state index is 15.7. The Morgan fingerprint density at radius 3 is 2.17 bits per heavy atom. The number of aromatic carboxylic acids is 1. The number of nitrogens with one attached hydrogen (secondary N) is 1. The molecule has 0 bridgehead atoms. The average molecular weight is 586 g/mol. The Morgan fingerprint density at radius 2 is 1.65 bits per heavy atom. The number of benzene rings is 3. The third-order valence-corrected chi connectivity index (χ3v) is 7.60. The smallest absolute Gasteiger partial charge is 0.335 e. The van der Waals surface area contributed by atoms with E-state index < -0.39 is 41.0 Å². The van der Waals surface area contributed by atoms with Gasteiger partial charge in [-0.3, -0.25) is 0 Å². The molecule has 1 aliphatic heterocycles. The van der Waals surface area contributed by atoms with Crippen molar-refractivity contribution in [2.75, 3.05) is 11.9 Å². The van der Waals surface area contributed by atoms with Crippen molar-refractivity contribution in [3.8, 4) is 6.07 Å². The number of halogens is 4. The monoisotopic (exact) mass is 585 g/mol. The van der Waals surface area contributed by atoms with Gasteiger partial charge in [-0.05, 0) is 60.4 Å². The van der Waals surface area contributed by atoms with E-state index in [0.717, 1.165) is 12.1 Å². The van der Waals surface area contributed by atoms with Crippen LogP contribution in [0, 0.1) is 34.3 Å². The molecule has 0 aliphatic carbocycles. The second-order valence-electron chi connectivity index (χ2n) is 11.1. The number of nitriles is 1. The number of hydrogen-bond donors (Lipinski definition) is 2. The van der Waals surface area contributed by atoms with Crippen molar-refractivity contribution in [2.45, 2.75) is 38.6 Å². The first-order valence-corrected chi connectivity index (χ1v) is 13.2. The molecule has 2 N–H and O–H groups in total. The van der Waals surface area contributed by atoms with E-state index in [-0.39, 0.29) is 38.7 Å². The van der Waals surface area contributed by atoms with Crippen LogP contribution in [0.2, 0.25) is 10.0 Å². The van der Waals surface area contributed by atoms with Crippen molar-refractivity contribution in [3.05, 3.63) is 99.0 Å². The molecule has 1 aliphatic rings. The summed E-state index contributed by atoms with van der Waals surface area (Å²) in [6.07, 6.45) is 0.408. The SMILES string of the molecule is CC(C)(C)C[C@@H]1CN(C(=O)Nc2ccc(C(=O)O)cc2)[C@H](c2ccc(Cl)cc2F)[C@@]1(C#N)c1ccc(Cl)cc1F. The topological polar surface area (TPSA) is 93.4 Å². The van der Waals surface area contributed by atoms with Crippen LogP contribution in [-0.2, 0) is 5.41 Å². The predicted octanol–water partition coefficient (Wildman–Crippen LogP) is 8.07. The maximum Gasteiger partial charge on any atom is 0.335 e. The summed E-state index contributed by atoms with van der Waals surface area (Å²) in [6, 6.07) is 13.9. The predicted molar refractivity (Wildman–Crippen MR) is 150 cm³/mol. The fourth-order valence-corrected chi connectivity index (χ4v) is 5.87. The molecule has 0 spiro atoms. The van der Waals surface area contributed by atoms with Gasteiger partial charge in [-0.2, -0.15) is 5.26 Å². The average Bonchev–Trinajstić information content (AvgIpc) is 3.17. The number of anilines is 1. The molecule has 0 aromatic heterocycles. The van der Waals surface area contributed by atoms with Crippen LogP contribution in [0.5, 0.6) is 0 Å². The molecule has 10 heteroatoms. The Hall–Kier alpha value is -3.67. The Labute approximate surface area is 241 Å². The zero-order chi connectivity index (χ0) is 29.4. The number of amides is 2. The molecule has 6 nitrogen and oxygen atoms in total. The summed E-state index contributed by atoms with van der Waals surface area (Å²) >= 11 is 12.1. The highest BCUT2D eigenvalue weighted by molar-refractivity contribution is 6.30. The molecule has 1 heterocycles. The number of carbonyl (C=O) groups excluding carboxylic acids is 1. The van der Waals surface area contributed by atoms with E-state index in [1.807, 2.05) is 20.8 Å². The Balaban J connectivity index is 1.91. The van der Waals surface area contributed by atoms with Crippen molar-refractivity contribution in [2.24, 2.45) is 11.3 Å². The quantitative estimate of drug-likeness (QED) is 0.316. The lowest BCUT2D eigenvalue weighted by atomic mass is 9.63. The van der Waals surface area contributed by atoms with Crippen molar-refractivity contribution in [3.63, 3.8) is 0 Å². The maximum atomic E-state index is 15.7. The Bertz CT molecular complexity index is 1500. The van der Waals surface area contributed by atoms with Crippen LogP contribution in [0.25, 0.3) is 0 Å². The number of hydrogen-bond acceptors (Lipinski definition) is 3. The zero-order valence-corrected chi connectivity index (χ0v) is 23.5. The fourth-order valence-electron chi connectivity index (χ4n) is 5.55. The molecule has 1 saturated heterocycles. The van der Waals surface area contributed by atoms with Crippen molar-refractivity contribution in [1.29, 1.82) is 5.26 Å². The van der Waals surface area contributed by atoms with E-state index in [1.54, 1.807) is 0 Å².